The lowest BCUT2D eigenvalue weighted by Crippen LogP contribution is -2.13. The van der Waals surface area contributed by atoms with E-state index in [2.05, 4.69) is 12.2 Å². The molecule has 0 aromatic heterocycles. The van der Waals surface area contributed by atoms with E-state index in [1.807, 2.05) is 18.2 Å². The molecule has 0 aliphatic carbocycles. The Bertz CT molecular complexity index is 570. The normalized spacial score (nSPS) is 10.4. The van der Waals surface area contributed by atoms with Crippen LogP contribution in [0.2, 0.25) is 0 Å². The number of nitrogens with one attached hydrogen (secondary N) is 1. The molecule has 0 saturated carbocycles. The first-order chi connectivity index (χ1) is 10.2. The van der Waals surface area contributed by atoms with Gasteiger partial charge in [0.2, 0.25) is 0 Å². The largest absolute Gasteiger partial charge is 0.497 e. The second-order valence-electron chi connectivity index (χ2n) is 4.67. The molecule has 0 bridgehead atoms. The first-order valence-electron chi connectivity index (χ1n) is 6.97. The van der Waals surface area contributed by atoms with Crippen molar-refractivity contribution in [3.8, 4) is 11.5 Å². The molecular weight excluding hydrogens is 269 g/mol. The Kier molecular flexibility index (Phi) is 5.58. The van der Waals surface area contributed by atoms with Crippen LogP contribution in [0, 0.1) is 5.82 Å². The standard InChI is InChI=1S/C17H20FNO2/c1-3-19-11-14-6-9-16(20-2)10-17(14)21-12-13-4-7-15(18)8-5-13/h4-10,19H,3,11-12H2,1-2H3. The average Bonchev–Trinajstić information content (AvgIpc) is 2.52. The fourth-order valence-electron chi connectivity index (χ4n) is 1.94. The van der Waals surface area contributed by atoms with Gasteiger partial charge in [-0.1, -0.05) is 25.1 Å². The molecule has 4 heteroatoms. The van der Waals surface area contributed by atoms with E-state index in [9.17, 15) is 4.39 Å². The third-order valence-electron chi connectivity index (χ3n) is 3.15. The van der Waals surface area contributed by atoms with Gasteiger partial charge in [-0.25, -0.2) is 4.39 Å². The molecule has 0 aliphatic heterocycles. The zero-order chi connectivity index (χ0) is 15.1. The number of methoxy groups -OCH3 is 1. The maximum atomic E-state index is 12.9. The second-order valence-corrected chi connectivity index (χ2v) is 4.67. The monoisotopic (exact) mass is 289 g/mol. The van der Waals surface area contributed by atoms with Gasteiger partial charge in [0.1, 0.15) is 23.9 Å². The van der Waals surface area contributed by atoms with E-state index in [-0.39, 0.29) is 5.82 Å². The number of hydrogen-bond acceptors (Lipinski definition) is 3. The quantitative estimate of drug-likeness (QED) is 0.846. The van der Waals surface area contributed by atoms with Crippen LogP contribution in [0.15, 0.2) is 42.5 Å². The molecular formula is C17H20FNO2. The minimum absolute atomic E-state index is 0.243. The summed E-state index contributed by atoms with van der Waals surface area (Å²) in [5, 5.41) is 3.28. The molecule has 21 heavy (non-hydrogen) atoms. The van der Waals surface area contributed by atoms with Crippen LogP contribution in [0.4, 0.5) is 4.39 Å². The van der Waals surface area contributed by atoms with Gasteiger partial charge < -0.3 is 14.8 Å². The number of halogens is 1. The molecule has 0 radical (unpaired) electrons. The van der Waals surface area contributed by atoms with Crippen molar-refractivity contribution >= 4 is 0 Å². The van der Waals surface area contributed by atoms with Crippen molar-refractivity contribution < 1.29 is 13.9 Å². The lowest BCUT2D eigenvalue weighted by Gasteiger charge is -2.13. The molecule has 0 aliphatic rings. The van der Waals surface area contributed by atoms with E-state index in [4.69, 9.17) is 9.47 Å². The molecule has 3 nitrogen and oxygen atoms in total. The van der Waals surface area contributed by atoms with Gasteiger partial charge in [-0.15, -0.1) is 0 Å². The zero-order valence-corrected chi connectivity index (χ0v) is 12.4. The van der Waals surface area contributed by atoms with E-state index in [1.54, 1.807) is 19.2 Å². The molecule has 1 N–H and O–H groups in total. The molecule has 2 aromatic rings. The fraction of sp³-hybridized carbons (Fsp3) is 0.294. The van der Waals surface area contributed by atoms with Crippen LogP contribution in [-0.4, -0.2) is 13.7 Å². The first-order valence-corrected chi connectivity index (χ1v) is 6.97. The van der Waals surface area contributed by atoms with Crippen molar-refractivity contribution in [2.45, 2.75) is 20.1 Å². The summed E-state index contributed by atoms with van der Waals surface area (Å²) in [4.78, 5) is 0. The van der Waals surface area contributed by atoms with Crippen LogP contribution < -0.4 is 14.8 Å². The van der Waals surface area contributed by atoms with Crippen LogP contribution in [-0.2, 0) is 13.2 Å². The van der Waals surface area contributed by atoms with Gasteiger partial charge in [0.15, 0.2) is 0 Å². The molecule has 0 heterocycles. The van der Waals surface area contributed by atoms with Crippen LogP contribution in [0.25, 0.3) is 0 Å². The second kappa shape index (κ2) is 7.64. The van der Waals surface area contributed by atoms with E-state index >= 15 is 0 Å². The molecule has 0 unspecified atom stereocenters. The minimum Gasteiger partial charge on any atom is -0.497 e. The fourth-order valence-corrected chi connectivity index (χ4v) is 1.94. The Morgan fingerprint density at radius 3 is 2.52 bits per heavy atom. The third kappa shape index (κ3) is 4.46. The summed E-state index contributed by atoms with van der Waals surface area (Å²) in [5.74, 6) is 1.29. The van der Waals surface area contributed by atoms with Gasteiger partial charge in [0.25, 0.3) is 0 Å². The minimum atomic E-state index is -0.243. The Morgan fingerprint density at radius 2 is 1.86 bits per heavy atom. The van der Waals surface area contributed by atoms with Crippen LogP contribution in [0.3, 0.4) is 0 Å². The molecule has 2 rings (SSSR count). The molecule has 0 atom stereocenters. The summed E-state index contributed by atoms with van der Waals surface area (Å²) in [6.07, 6.45) is 0. The molecule has 2 aromatic carbocycles. The predicted molar refractivity (Wildman–Crippen MR) is 81.1 cm³/mol. The molecule has 0 fully saturated rings. The Hall–Kier alpha value is -2.07. The maximum Gasteiger partial charge on any atom is 0.127 e. The summed E-state index contributed by atoms with van der Waals surface area (Å²) < 4.78 is 24.0. The van der Waals surface area contributed by atoms with Crippen molar-refractivity contribution in [3.63, 3.8) is 0 Å². The van der Waals surface area contributed by atoms with Gasteiger partial charge in [0.05, 0.1) is 7.11 Å². The van der Waals surface area contributed by atoms with Crippen LogP contribution >= 0.6 is 0 Å². The van der Waals surface area contributed by atoms with Crippen molar-refractivity contribution in [2.24, 2.45) is 0 Å². The maximum absolute atomic E-state index is 12.9. The highest BCUT2D eigenvalue weighted by atomic mass is 19.1. The Morgan fingerprint density at radius 1 is 1.10 bits per heavy atom. The molecule has 0 spiro atoms. The van der Waals surface area contributed by atoms with Gasteiger partial charge in [-0.3, -0.25) is 0 Å². The van der Waals surface area contributed by atoms with Gasteiger partial charge in [0, 0.05) is 18.2 Å². The van der Waals surface area contributed by atoms with Gasteiger partial charge in [-0.2, -0.15) is 0 Å². The summed E-state index contributed by atoms with van der Waals surface area (Å²) in [6, 6.07) is 12.1. The van der Waals surface area contributed by atoms with Crippen LogP contribution in [0.1, 0.15) is 18.1 Å². The van der Waals surface area contributed by atoms with Gasteiger partial charge in [-0.05, 0) is 30.3 Å². The lowest BCUT2D eigenvalue weighted by atomic mass is 10.2. The Balaban J connectivity index is 2.10. The smallest absolute Gasteiger partial charge is 0.127 e. The molecule has 112 valence electrons. The first kappa shape index (κ1) is 15.3. The van der Waals surface area contributed by atoms with Gasteiger partial charge >= 0.3 is 0 Å². The van der Waals surface area contributed by atoms with Crippen molar-refractivity contribution in [2.75, 3.05) is 13.7 Å². The molecule has 0 saturated heterocycles. The highest BCUT2D eigenvalue weighted by Gasteiger charge is 2.06. The SMILES string of the molecule is CCNCc1ccc(OC)cc1OCc1ccc(F)cc1. The number of hydrogen-bond donors (Lipinski definition) is 1. The van der Waals surface area contributed by atoms with Crippen LogP contribution in [0.5, 0.6) is 11.5 Å². The number of benzene rings is 2. The summed E-state index contributed by atoms with van der Waals surface area (Å²) in [5.41, 5.74) is 1.99. The van der Waals surface area contributed by atoms with E-state index < -0.39 is 0 Å². The van der Waals surface area contributed by atoms with Crippen molar-refractivity contribution in [3.05, 3.63) is 59.4 Å². The molecule has 0 amide bonds. The Labute approximate surface area is 124 Å². The van der Waals surface area contributed by atoms with E-state index in [0.717, 1.165) is 35.7 Å². The van der Waals surface area contributed by atoms with E-state index in [1.165, 1.54) is 12.1 Å². The summed E-state index contributed by atoms with van der Waals surface area (Å²) in [7, 11) is 1.63. The topological polar surface area (TPSA) is 30.5 Å². The average molecular weight is 289 g/mol. The lowest BCUT2D eigenvalue weighted by molar-refractivity contribution is 0.299. The summed E-state index contributed by atoms with van der Waals surface area (Å²) in [6.45, 7) is 4.08. The summed E-state index contributed by atoms with van der Waals surface area (Å²) >= 11 is 0. The highest BCUT2D eigenvalue weighted by Crippen LogP contribution is 2.25. The predicted octanol–water partition coefficient (Wildman–Crippen LogP) is 3.52. The number of rotatable bonds is 7. The van der Waals surface area contributed by atoms with Crippen molar-refractivity contribution in [1.29, 1.82) is 0 Å². The third-order valence-corrected chi connectivity index (χ3v) is 3.15. The van der Waals surface area contributed by atoms with Crippen molar-refractivity contribution in [1.82, 2.24) is 5.32 Å². The number of ether oxygens (including phenoxy) is 2. The highest BCUT2D eigenvalue weighted by molar-refractivity contribution is 5.41. The zero-order valence-electron chi connectivity index (χ0n) is 12.4. The van der Waals surface area contributed by atoms with E-state index in [0.29, 0.717) is 6.61 Å².